The minimum Gasteiger partial charge on any atom is -0.388 e. The second-order valence-electron chi connectivity index (χ2n) is 5.17. The minimum absolute atomic E-state index is 0.0219. The van der Waals surface area contributed by atoms with E-state index in [2.05, 4.69) is 5.32 Å². The zero-order chi connectivity index (χ0) is 14.8. The van der Waals surface area contributed by atoms with Gasteiger partial charge in [-0.3, -0.25) is 4.79 Å². The lowest BCUT2D eigenvalue weighted by Crippen LogP contribution is -2.34. The van der Waals surface area contributed by atoms with Crippen LogP contribution in [0.4, 0.5) is 17.1 Å². The number of carbonyl (C=O) groups is 1. The van der Waals surface area contributed by atoms with E-state index in [9.17, 15) is 9.90 Å². The number of nitrogens with zero attached hydrogens (tertiary/aromatic N) is 1. The van der Waals surface area contributed by atoms with Crippen LogP contribution in [0.25, 0.3) is 0 Å². The highest BCUT2D eigenvalue weighted by atomic mass is 16.3. The third-order valence-electron chi connectivity index (χ3n) is 3.75. The summed E-state index contributed by atoms with van der Waals surface area (Å²) in [4.78, 5) is 13.8. The number of aliphatic hydroxyl groups excluding tert-OH is 1. The summed E-state index contributed by atoms with van der Waals surface area (Å²) in [5.41, 5.74) is 3.66. The first-order valence-corrected chi connectivity index (χ1v) is 7.13. The molecule has 0 radical (unpaired) electrons. The van der Waals surface area contributed by atoms with Crippen LogP contribution in [-0.4, -0.2) is 17.6 Å². The molecule has 108 valence electrons. The van der Waals surface area contributed by atoms with Crippen molar-refractivity contribution in [2.24, 2.45) is 0 Å². The Morgan fingerprint density at radius 3 is 2.62 bits per heavy atom. The van der Waals surface area contributed by atoms with Gasteiger partial charge in [0.2, 0.25) is 5.91 Å². The number of aliphatic hydroxyl groups is 1. The Morgan fingerprint density at radius 2 is 1.90 bits per heavy atom. The molecule has 4 heteroatoms. The van der Waals surface area contributed by atoms with Crippen molar-refractivity contribution >= 4 is 23.0 Å². The summed E-state index contributed by atoms with van der Waals surface area (Å²) in [6.45, 7) is 2.25. The van der Waals surface area contributed by atoms with Gasteiger partial charge < -0.3 is 15.3 Å². The number of amides is 1. The molecule has 0 aromatic heterocycles. The zero-order valence-corrected chi connectivity index (χ0v) is 11.9. The fraction of sp³-hybridized carbons (Fsp3) is 0.235. The Hall–Kier alpha value is -2.33. The number of hydrogen-bond acceptors (Lipinski definition) is 3. The number of fused-ring (bicyclic) bond motifs is 1. The molecular formula is C17H18N2O2. The molecule has 1 heterocycles. The van der Waals surface area contributed by atoms with Gasteiger partial charge in [0.05, 0.1) is 17.5 Å². The third-order valence-corrected chi connectivity index (χ3v) is 3.75. The van der Waals surface area contributed by atoms with E-state index in [1.807, 2.05) is 60.4 Å². The summed E-state index contributed by atoms with van der Waals surface area (Å²) in [7, 11) is 0. The highest BCUT2D eigenvalue weighted by molar-refractivity contribution is 6.03. The molecule has 0 saturated heterocycles. The van der Waals surface area contributed by atoms with Gasteiger partial charge in [-0.05, 0) is 36.2 Å². The van der Waals surface area contributed by atoms with Gasteiger partial charge in [0, 0.05) is 5.69 Å². The normalized spacial score (nSPS) is 15.3. The number of anilines is 3. The highest BCUT2D eigenvalue weighted by Crippen LogP contribution is 2.35. The van der Waals surface area contributed by atoms with Crippen LogP contribution in [0.2, 0.25) is 0 Å². The molecule has 0 bridgehead atoms. The lowest BCUT2D eigenvalue weighted by Gasteiger charge is -2.31. The van der Waals surface area contributed by atoms with Gasteiger partial charge >= 0.3 is 0 Å². The molecule has 0 saturated carbocycles. The monoisotopic (exact) mass is 282 g/mol. The smallest absolute Gasteiger partial charge is 0.244 e. The summed E-state index contributed by atoms with van der Waals surface area (Å²) < 4.78 is 0. The van der Waals surface area contributed by atoms with Crippen LogP contribution in [0.1, 0.15) is 25.0 Å². The predicted octanol–water partition coefficient (Wildman–Crippen LogP) is 3.22. The molecule has 1 aliphatic rings. The number of nitrogens with one attached hydrogen (secondary N) is 1. The largest absolute Gasteiger partial charge is 0.388 e. The van der Waals surface area contributed by atoms with E-state index in [0.29, 0.717) is 13.0 Å². The second-order valence-corrected chi connectivity index (χ2v) is 5.17. The molecule has 2 aromatic rings. The molecule has 0 spiro atoms. The lowest BCUT2D eigenvalue weighted by molar-refractivity contribution is -0.115. The van der Waals surface area contributed by atoms with Crippen molar-refractivity contribution < 1.29 is 9.90 Å². The van der Waals surface area contributed by atoms with Gasteiger partial charge in [-0.15, -0.1) is 0 Å². The summed E-state index contributed by atoms with van der Waals surface area (Å²) in [6, 6.07) is 15.5. The summed E-state index contributed by atoms with van der Waals surface area (Å²) in [5.74, 6) is -0.0219. The topological polar surface area (TPSA) is 52.6 Å². The Bertz CT molecular complexity index is 652. The maximum Gasteiger partial charge on any atom is 0.244 e. The minimum atomic E-state index is -0.434. The average Bonchev–Trinajstić information content (AvgIpc) is 2.53. The summed E-state index contributed by atoms with van der Waals surface area (Å²) in [6.07, 6.45) is 0.255. The summed E-state index contributed by atoms with van der Waals surface area (Å²) >= 11 is 0. The molecule has 1 atom stereocenters. The van der Waals surface area contributed by atoms with Gasteiger partial charge in [0.15, 0.2) is 0 Å². The Balaban J connectivity index is 1.95. The van der Waals surface area contributed by atoms with Gasteiger partial charge in [-0.1, -0.05) is 31.2 Å². The Morgan fingerprint density at radius 1 is 1.19 bits per heavy atom. The van der Waals surface area contributed by atoms with Gasteiger partial charge in [-0.2, -0.15) is 0 Å². The second kappa shape index (κ2) is 5.58. The fourth-order valence-corrected chi connectivity index (χ4v) is 2.58. The molecule has 0 aliphatic carbocycles. The highest BCUT2D eigenvalue weighted by Gasteiger charge is 2.22. The number of carbonyl (C=O) groups excluding carboxylic acids is 1. The van der Waals surface area contributed by atoms with Gasteiger partial charge in [0.1, 0.15) is 6.54 Å². The van der Waals surface area contributed by atoms with Crippen LogP contribution in [-0.2, 0) is 4.79 Å². The van der Waals surface area contributed by atoms with Crippen LogP contribution in [0.15, 0.2) is 48.5 Å². The van der Waals surface area contributed by atoms with Crippen molar-refractivity contribution in [3.05, 3.63) is 54.1 Å². The first-order chi connectivity index (χ1) is 10.2. The van der Waals surface area contributed by atoms with Gasteiger partial charge in [0.25, 0.3) is 0 Å². The number of rotatable bonds is 3. The fourth-order valence-electron chi connectivity index (χ4n) is 2.58. The van der Waals surface area contributed by atoms with E-state index in [-0.39, 0.29) is 5.91 Å². The van der Waals surface area contributed by atoms with E-state index in [1.165, 1.54) is 0 Å². The van der Waals surface area contributed by atoms with Crippen LogP contribution in [0.5, 0.6) is 0 Å². The maximum absolute atomic E-state index is 11.8. The van der Waals surface area contributed by atoms with Crippen LogP contribution in [0, 0.1) is 0 Å². The van der Waals surface area contributed by atoms with Crippen LogP contribution >= 0.6 is 0 Å². The van der Waals surface area contributed by atoms with E-state index >= 15 is 0 Å². The lowest BCUT2D eigenvalue weighted by atomic mass is 10.1. The Labute approximate surface area is 124 Å². The number of hydrogen-bond donors (Lipinski definition) is 2. The standard InChI is InChI=1S/C17H18N2O2/c1-2-16(20)12-7-9-13(10-8-12)19-11-17(21)18-14-5-3-4-6-15(14)19/h3-10,16,20H,2,11H2,1H3,(H,18,21)/t16-/m0/s1. The van der Waals surface area contributed by atoms with Crippen LogP contribution in [0.3, 0.4) is 0 Å². The van der Waals surface area contributed by atoms with E-state index in [1.54, 1.807) is 0 Å². The average molecular weight is 282 g/mol. The zero-order valence-electron chi connectivity index (χ0n) is 11.9. The molecule has 21 heavy (non-hydrogen) atoms. The van der Waals surface area contributed by atoms with E-state index in [0.717, 1.165) is 22.6 Å². The third kappa shape index (κ3) is 2.62. The van der Waals surface area contributed by atoms with Crippen molar-refractivity contribution in [1.29, 1.82) is 0 Å². The molecule has 1 aliphatic heterocycles. The van der Waals surface area contributed by atoms with Crippen molar-refractivity contribution in [2.45, 2.75) is 19.4 Å². The van der Waals surface area contributed by atoms with E-state index < -0.39 is 6.10 Å². The Kier molecular flexibility index (Phi) is 3.62. The number of para-hydroxylation sites is 2. The molecule has 4 nitrogen and oxygen atoms in total. The molecule has 0 fully saturated rings. The first kappa shape index (κ1) is 13.6. The van der Waals surface area contributed by atoms with Crippen molar-refractivity contribution in [1.82, 2.24) is 0 Å². The molecule has 2 aromatic carbocycles. The molecule has 3 rings (SSSR count). The number of benzene rings is 2. The predicted molar refractivity (Wildman–Crippen MR) is 83.8 cm³/mol. The molecule has 2 N–H and O–H groups in total. The van der Waals surface area contributed by atoms with Crippen molar-refractivity contribution in [3.63, 3.8) is 0 Å². The van der Waals surface area contributed by atoms with E-state index in [4.69, 9.17) is 0 Å². The van der Waals surface area contributed by atoms with Crippen LogP contribution < -0.4 is 10.2 Å². The van der Waals surface area contributed by atoms with Crippen molar-refractivity contribution in [2.75, 3.05) is 16.8 Å². The quantitative estimate of drug-likeness (QED) is 0.908. The molecular weight excluding hydrogens is 264 g/mol. The maximum atomic E-state index is 11.8. The van der Waals surface area contributed by atoms with Crippen molar-refractivity contribution in [3.8, 4) is 0 Å². The first-order valence-electron chi connectivity index (χ1n) is 7.13. The molecule has 0 unspecified atom stereocenters. The summed E-state index contributed by atoms with van der Waals surface area (Å²) in [5, 5.41) is 12.7. The SMILES string of the molecule is CC[C@H](O)c1ccc(N2CC(=O)Nc3ccccc32)cc1. The molecule has 1 amide bonds. The van der Waals surface area contributed by atoms with Gasteiger partial charge in [-0.25, -0.2) is 0 Å².